The number of hydrogen-bond acceptors (Lipinski definition) is 6. The summed E-state index contributed by atoms with van der Waals surface area (Å²) >= 11 is 0. The van der Waals surface area contributed by atoms with Crippen molar-refractivity contribution >= 4 is 13.7 Å². The number of nitrogens with zero attached hydrogens (tertiary/aromatic N) is 1. The molecule has 3 unspecified atom stereocenters. The van der Waals surface area contributed by atoms with Crippen LogP contribution in [0.2, 0.25) is 0 Å². The SMILES string of the molecule is CCCCCCC/C=C\C/C=C\C/C=C\CCCCCCCCCCCCCCCCCCCCCCCCCCCCC(=O)NC(COP(=O)([O-])OCC[N+](C)(C)C)C(O)/C=C/CCCCCCCCCCCCCCCCCCCCCCCC. The lowest BCUT2D eigenvalue weighted by Crippen LogP contribution is -2.45. The maximum absolute atomic E-state index is 13.1. The summed E-state index contributed by atoms with van der Waals surface area (Å²) in [5, 5.41) is 14.0. The highest BCUT2D eigenvalue weighted by molar-refractivity contribution is 7.45. The monoisotopic (exact) mass is 1240 g/mol. The van der Waals surface area contributed by atoms with Crippen molar-refractivity contribution in [2.75, 3.05) is 40.9 Å². The lowest BCUT2D eigenvalue weighted by molar-refractivity contribution is -0.870. The van der Waals surface area contributed by atoms with Gasteiger partial charge in [0.1, 0.15) is 13.2 Å². The highest BCUT2D eigenvalue weighted by Gasteiger charge is 2.23. The van der Waals surface area contributed by atoms with Gasteiger partial charge < -0.3 is 28.8 Å². The molecule has 0 saturated heterocycles. The number of phosphoric acid groups is 1. The van der Waals surface area contributed by atoms with E-state index in [-0.39, 0.29) is 19.1 Å². The van der Waals surface area contributed by atoms with Gasteiger partial charge >= 0.3 is 0 Å². The van der Waals surface area contributed by atoms with E-state index >= 15 is 0 Å². The van der Waals surface area contributed by atoms with Crippen LogP contribution in [-0.4, -0.2) is 68.5 Å². The first kappa shape index (κ1) is 85.5. The number of aliphatic hydroxyl groups is 1. The van der Waals surface area contributed by atoms with Gasteiger partial charge in [-0.3, -0.25) is 9.36 Å². The van der Waals surface area contributed by atoms with Crippen LogP contribution < -0.4 is 10.2 Å². The number of carbonyl (C=O) groups is 1. The standard InChI is InChI=1S/C78H151N2O6P/c1-6-8-10-12-14-16-18-20-22-24-26-28-30-32-33-34-35-36-37-38-39-40-41-42-43-44-45-46-47-48-50-52-54-56-58-60-62-64-66-68-70-72-78(82)79-76(75-86-87(83,84)85-74-73-80(3,4)5)77(81)71-69-67-65-63-61-59-57-55-53-51-49-31-29-27-25-23-21-19-17-15-13-11-9-7-2/h18,20,24,26,30,32,69,71,76-77,81H,6-17,19,21-23,25,27-29,31,33-68,70,72-75H2,1-5H3,(H-,79,82,83,84)/b20-18-,26-24-,32-30-,71-69+. The largest absolute Gasteiger partial charge is 0.756 e. The summed E-state index contributed by atoms with van der Waals surface area (Å²) in [6.07, 6.45) is 94.1. The number of nitrogens with one attached hydrogen (secondary N) is 1. The van der Waals surface area contributed by atoms with Gasteiger partial charge in [0.2, 0.25) is 5.91 Å². The summed E-state index contributed by atoms with van der Waals surface area (Å²) < 4.78 is 23.5. The third kappa shape index (κ3) is 71.8. The Labute approximate surface area is 543 Å². The summed E-state index contributed by atoms with van der Waals surface area (Å²) in [6, 6.07) is -0.887. The van der Waals surface area contributed by atoms with E-state index in [0.29, 0.717) is 17.4 Å². The van der Waals surface area contributed by atoms with Crippen molar-refractivity contribution < 1.29 is 32.9 Å². The Morgan fingerprint density at radius 2 is 0.667 bits per heavy atom. The first-order valence-corrected chi connectivity index (χ1v) is 40.0. The summed E-state index contributed by atoms with van der Waals surface area (Å²) in [5.74, 6) is -0.189. The number of rotatable bonds is 72. The highest BCUT2D eigenvalue weighted by Crippen LogP contribution is 2.38. The molecule has 0 saturated carbocycles. The average Bonchev–Trinajstić information content (AvgIpc) is 3.71. The predicted molar refractivity (Wildman–Crippen MR) is 381 cm³/mol. The molecule has 514 valence electrons. The van der Waals surface area contributed by atoms with Crippen LogP contribution in [-0.2, 0) is 18.4 Å². The fourth-order valence-electron chi connectivity index (χ4n) is 11.8. The molecule has 1 amide bonds. The second-order valence-corrected chi connectivity index (χ2v) is 29.1. The van der Waals surface area contributed by atoms with E-state index in [0.717, 1.165) is 51.4 Å². The molecule has 0 aliphatic rings. The van der Waals surface area contributed by atoms with Crippen LogP contribution in [0.15, 0.2) is 48.6 Å². The molecular formula is C78H151N2O6P. The quantitative estimate of drug-likeness (QED) is 0.0272. The number of carbonyl (C=O) groups excluding carboxylic acids is 1. The molecule has 0 heterocycles. The summed E-state index contributed by atoms with van der Waals surface area (Å²) in [7, 11) is 1.28. The molecule has 0 bridgehead atoms. The van der Waals surface area contributed by atoms with Crippen LogP contribution in [0.25, 0.3) is 0 Å². The summed E-state index contributed by atoms with van der Waals surface area (Å²) in [4.78, 5) is 25.7. The Hall–Kier alpha value is -1.54. The van der Waals surface area contributed by atoms with E-state index in [2.05, 4.69) is 55.6 Å². The molecule has 0 aliphatic heterocycles. The molecule has 9 heteroatoms. The Morgan fingerprint density at radius 3 is 0.966 bits per heavy atom. The zero-order chi connectivity index (χ0) is 63.4. The van der Waals surface area contributed by atoms with Crippen LogP contribution in [0, 0.1) is 0 Å². The number of unbranched alkanes of at least 4 members (excludes halogenated alkanes) is 53. The fourth-order valence-corrected chi connectivity index (χ4v) is 12.5. The van der Waals surface area contributed by atoms with Crippen molar-refractivity contribution in [1.29, 1.82) is 0 Å². The number of likely N-dealkylation sites (N-methyl/N-ethyl adjacent to an activating group) is 1. The minimum absolute atomic E-state index is 0.00123. The number of phosphoric ester groups is 1. The molecule has 0 radical (unpaired) electrons. The van der Waals surface area contributed by atoms with Crippen molar-refractivity contribution in [2.24, 2.45) is 0 Å². The van der Waals surface area contributed by atoms with Crippen molar-refractivity contribution in [3.63, 3.8) is 0 Å². The molecule has 0 rings (SSSR count). The maximum Gasteiger partial charge on any atom is 0.268 e. The molecule has 0 spiro atoms. The molecule has 0 aromatic rings. The molecule has 0 aromatic heterocycles. The summed E-state index contributed by atoms with van der Waals surface area (Å²) in [6.45, 7) is 4.70. The number of aliphatic hydroxyl groups excluding tert-OH is 1. The Balaban J connectivity index is 3.92. The molecule has 0 aliphatic carbocycles. The third-order valence-electron chi connectivity index (χ3n) is 17.8. The summed E-state index contributed by atoms with van der Waals surface area (Å²) in [5.41, 5.74) is 0. The lowest BCUT2D eigenvalue weighted by Gasteiger charge is -2.29. The first-order valence-electron chi connectivity index (χ1n) is 38.5. The van der Waals surface area contributed by atoms with Crippen molar-refractivity contribution in [2.45, 2.75) is 405 Å². The van der Waals surface area contributed by atoms with Crippen LogP contribution >= 0.6 is 7.82 Å². The average molecular weight is 1240 g/mol. The second-order valence-electron chi connectivity index (χ2n) is 27.7. The molecule has 87 heavy (non-hydrogen) atoms. The number of quaternary nitrogens is 1. The zero-order valence-electron chi connectivity index (χ0n) is 59.0. The highest BCUT2D eigenvalue weighted by atomic mass is 31.2. The molecule has 0 fully saturated rings. The minimum Gasteiger partial charge on any atom is -0.756 e. The van der Waals surface area contributed by atoms with Gasteiger partial charge in [0, 0.05) is 6.42 Å². The van der Waals surface area contributed by atoms with Gasteiger partial charge in [-0.1, -0.05) is 377 Å². The smallest absolute Gasteiger partial charge is 0.268 e. The topological polar surface area (TPSA) is 108 Å². The van der Waals surface area contributed by atoms with E-state index < -0.39 is 20.0 Å². The van der Waals surface area contributed by atoms with E-state index in [1.54, 1.807) is 6.08 Å². The molecule has 2 N–H and O–H groups in total. The predicted octanol–water partition coefficient (Wildman–Crippen LogP) is 24.3. The maximum atomic E-state index is 13.1. The Kier molecular flexibility index (Phi) is 67.6. The molecule has 3 atom stereocenters. The first-order chi connectivity index (χ1) is 42.5. The zero-order valence-corrected chi connectivity index (χ0v) is 59.9. The second kappa shape index (κ2) is 68.8. The van der Waals surface area contributed by atoms with E-state index in [1.807, 2.05) is 27.2 Å². The number of amides is 1. The van der Waals surface area contributed by atoms with Gasteiger partial charge in [-0.2, -0.15) is 0 Å². The van der Waals surface area contributed by atoms with Gasteiger partial charge in [-0.05, 0) is 57.8 Å². The van der Waals surface area contributed by atoms with Gasteiger partial charge in [0.05, 0.1) is 39.9 Å². The van der Waals surface area contributed by atoms with Crippen molar-refractivity contribution in [3.8, 4) is 0 Å². The van der Waals surface area contributed by atoms with Crippen LogP contribution in [0.4, 0.5) is 0 Å². The van der Waals surface area contributed by atoms with Crippen LogP contribution in [0.1, 0.15) is 393 Å². The van der Waals surface area contributed by atoms with Gasteiger partial charge in [0.25, 0.3) is 7.82 Å². The van der Waals surface area contributed by atoms with E-state index in [1.165, 1.54) is 321 Å². The number of allylic oxidation sites excluding steroid dienone is 7. The van der Waals surface area contributed by atoms with Crippen molar-refractivity contribution in [1.82, 2.24) is 5.32 Å². The van der Waals surface area contributed by atoms with E-state index in [9.17, 15) is 19.4 Å². The van der Waals surface area contributed by atoms with Crippen LogP contribution in [0.3, 0.4) is 0 Å². The number of hydrogen-bond donors (Lipinski definition) is 2. The van der Waals surface area contributed by atoms with Crippen LogP contribution in [0.5, 0.6) is 0 Å². The van der Waals surface area contributed by atoms with Gasteiger partial charge in [-0.25, -0.2) is 0 Å². The van der Waals surface area contributed by atoms with Gasteiger partial charge in [-0.15, -0.1) is 0 Å². The minimum atomic E-state index is -4.60. The Morgan fingerprint density at radius 1 is 0.402 bits per heavy atom. The normalized spacial score (nSPS) is 13.8. The molecule has 0 aromatic carbocycles. The van der Waals surface area contributed by atoms with Crippen molar-refractivity contribution in [3.05, 3.63) is 48.6 Å². The molecule has 8 nitrogen and oxygen atoms in total. The Bertz CT molecular complexity index is 1560. The lowest BCUT2D eigenvalue weighted by atomic mass is 10.0. The van der Waals surface area contributed by atoms with E-state index in [4.69, 9.17) is 9.05 Å². The fraction of sp³-hybridized carbons (Fsp3) is 0.885. The third-order valence-corrected chi connectivity index (χ3v) is 18.7. The van der Waals surface area contributed by atoms with Gasteiger partial charge in [0.15, 0.2) is 0 Å². The molecular weight excluding hydrogens is 1090 g/mol.